The van der Waals surface area contributed by atoms with Gasteiger partial charge in [0, 0.05) is 49.3 Å². The molecule has 0 aliphatic carbocycles. The Morgan fingerprint density at radius 3 is 1.96 bits per heavy atom. The number of furan rings is 1. The molecule has 5 heteroatoms. The monoisotopic (exact) mass is 822 g/mol. The minimum absolute atomic E-state index is 0. The van der Waals surface area contributed by atoms with E-state index in [1.165, 1.54) is 5.56 Å². The molecular weight excluding hydrogens is 791 g/mol. The maximum Gasteiger partial charge on any atom is 0.0774 e. The second-order valence-corrected chi connectivity index (χ2v) is 11.8. The standard InChI is InChI=1S/C34H23N2O.C11H8N.Ir/c1-23-20-27(24-12-4-2-5-13-24)33(28(21-23)25-14-6-3-7-15-25)36-31-18-10-9-17-30(31)35-34(36)29-22-37-32-19-11-8-16-26(29)32;1-2-6-10(7-3-1)11-8-4-5-9-12-11;/h2-21H,1H3;1-6,8-9H;/q2*-1;. The number of rotatable bonds is 5. The van der Waals surface area contributed by atoms with Crippen molar-refractivity contribution >= 4 is 22.0 Å². The fourth-order valence-electron chi connectivity index (χ4n) is 6.28. The number of imidazole rings is 1. The summed E-state index contributed by atoms with van der Waals surface area (Å²) in [5.74, 6) is 0.810. The van der Waals surface area contributed by atoms with E-state index in [0.717, 1.165) is 72.6 Å². The van der Waals surface area contributed by atoms with Crippen LogP contribution in [0.3, 0.4) is 0 Å². The van der Waals surface area contributed by atoms with Crippen molar-refractivity contribution in [2.45, 2.75) is 6.92 Å². The molecule has 0 saturated carbocycles. The third kappa shape index (κ3) is 6.45. The van der Waals surface area contributed by atoms with Crippen LogP contribution in [0, 0.1) is 19.3 Å². The third-order valence-electron chi connectivity index (χ3n) is 8.50. The van der Waals surface area contributed by atoms with E-state index >= 15 is 0 Å². The molecular formula is C45H31IrN3O-2. The van der Waals surface area contributed by atoms with Gasteiger partial charge in [0.25, 0.3) is 0 Å². The molecule has 243 valence electrons. The summed E-state index contributed by atoms with van der Waals surface area (Å²) in [5.41, 5.74) is 12.5. The van der Waals surface area contributed by atoms with Crippen LogP contribution in [-0.4, -0.2) is 14.5 Å². The number of aryl methyl sites for hydroxylation is 1. The second-order valence-electron chi connectivity index (χ2n) is 11.8. The molecule has 4 nitrogen and oxygen atoms in total. The predicted octanol–water partition coefficient (Wildman–Crippen LogP) is 11.4. The van der Waals surface area contributed by atoms with Gasteiger partial charge in [0.05, 0.1) is 22.5 Å². The van der Waals surface area contributed by atoms with Gasteiger partial charge in [0.1, 0.15) is 0 Å². The van der Waals surface area contributed by atoms with Crippen molar-refractivity contribution in [2.75, 3.05) is 0 Å². The maximum atomic E-state index is 5.86. The van der Waals surface area contributed by atoms with E-state index in [0.29, 0.717) is 0 Å². The quantitative estimate of drug-likeness (QED) is 0.162. The fourth-order valence-corrected chi connectivity index (χ4v) is 6.28. The molecule has 50 heavy (non-hydrogen) atoms. The van der Waals surface area contributed by atoms with Crippen LogP contribution in [0.15, 0.2) is 174 Å². The normalized spacial score (nSPS) is 10.7. The number of aromatic nitrogens is 3. The van der Waals surface area contributed by atoms with Gasteiger partial charge in [-0.15, -0.1) is 42.0 Å². The first kappa shape index (κ1) is 32.7. The number of fused-ring (bicyclic) bond motifs is 2. The van der Waals surface area contributed by atoms with Gasteiger partial charge in [-0.05, 0) is 59.6 Å². The van der Waals surface area contributed by atoms with Crippen molar-refractivity contribution in [1.29, 1.82) is 0 Å². The van der Waals surface area contributed by atoms with Crippen LogP contribution in [0.25, 0.3) is 72.6 Å². The van der Waals surface area contributed by atoms with Crippen molar-refractivity contribution in [1.82, 2.24) is 14.5 Å². The molecule has 0 amide bonds. The molecule has 0 saturated heterocycles. The summed E-state index contributed by atoms with van der Waals surface area (Å²) in [7, 11) is 0. The Morgan fingerprint density at radius 2 is 1.28 bits per heavy atom. The zero-order valence-electron chi connectivity index (χ0n) is 27.2. The van der Waals surface area contributed by atoms with E-state index in [1.54, 1.807) is 6.20 Å². The van der Waals surface area contributed by atoms with Gasteiger partial charge in [0.15, 0.2) is 0 Å². The van der Waals surface area contributed by atoms with Gasteiger partial charge in [-0.2, -0.15) is 0 Å². The van der Waals surface area contributed by atoms with E-state index in [2.05, 4.69) is 126 Å². The summed E-state index contributed by atoms with van der Waals surface area (Å²) in [6, 6.07) is 58.9. The van der Waals surface area contributed by atoms with Crippen LogP contribution in [0.2, 0.25) is 0 Å². The zero-order chi connectivity index (χ0) is 33.0. The second kappa shape index (κ2) is 14.7. The summed E-state index contributed by atoms with van der Waals surface area (Å²) >= 11 is 0. The maximum absolute atomic E-state index is 5.86. The molecule has 0 N–H and O–H groups in total. The summed E-state index contributed by atoms with van der Waals surface area (Å²) in [5, 5.41) is 0.994. The number of hydrogen-bond acceptors (Lipinski definition) is 3. The van der Waals surface area contributed by atoms with Crippen LogP contribution in [0.4, 0.5) is 0 Å². The van der Waals surface area contributed by atoms with Gasteiger partial charge >= 0.3 is 0 Å². The molecule has 0 spiro atoms. The van der Waals surface area contributed by atoms with Crippen LogP contribution >= 0.6 is 0 Å². The SMILES string of the molecule is Cc1cc(-c2ccccc2)c(-n2c(-c3[c-]oc4ccccc34)nc3ccccc32)c(-c2ccccc2)c1.[Ir].[c-]1ccccc1-c1ccccn1. The van der Waals surface area contributed by atoms with E-state index in [4.69, 9.17) is 9.40 Å². The fraction of sp³-hybridized carbons (Fsp3) is 0.0222. The summed E-state index contributed by atoms with van der Waals surface area (Å²) in [6.07, 6.45) is 4.96. The summed E-state index contributed by atoms with van der Waals surface area (Å²) < 4.78 is 8.15. The van der Waals surface area contributed by atoms with E-state index < -0.39 is 0 Å². The largest absolute Gasteiger partial charge is 0.557 e. The molecule has 0 fully saturated rings. The van der Waals surface area contributed by atoms with Gasteiger partial charge in [0.2, 0.25) is 0 Å². The van der Waals surface area contributed by atoms with Gasteiger partial charge in [-0.3, -0.25) is 4.98 Å². The Bertz CT molecular complexity index is 2390. The molecule has 3 aromatic heterocycles. The van der Waals surface area contributed by atoms with Crippen LogP contribution < -0.4 is 0 Å². The molecule has 0 aliphatic rings. The predicted molar refractivity (Wildman–Crippen MR) is 199 cm³/mol. The Labute approximate surface area is 305 Å². The average Bonchev–Trinajstić information content (AvgIpc) is 3.78. The number of pyridine rings is 1. The first-order chi connectivity index (χ1) is 24.2. The molecule has 1 radical (unpaired) electrons. The van der Waals surface area contributed by atoms with E-state index in [9.17, 15) is 0 Å². The molecule has 0 aliphatic heterocycles. The number of para-hydroxylation sites is 3. The number of benzene rings is 6. The smallest absolute Gasteiger partial charge is 0.0774 e. The Hall–Kier alpha value is -5.87. The molecule has 9 rings (SSSR count). The molecule has 0 unspecified atom stereocenters. The van der Waals surface area contributed by atoms with Crippen LogP contribution in [-0.2, 0) is 20.1 Å². The summed E-state index contributed by atoms with van der Waals surface area (Å²) in [6.45, 7) is 2.16. The van der Waals surface area contributed by atoms with Gasteiger partial charge in [-0.1, -0.05) is 114 Å². The third-order valence-corrected chi connectivity index (χ3v) is 8.50. The Kier molecular flexibility index (Phi) is 9.61. The topological polar surface area (TPSA) is 43.9 Å². The molecule has 3 heterocycles. The Balaban J connectivity index is 0.000000255. The zero-order valence-corrected chi connectivity index (χ0v) is 29.6. The molecule has 0 atom stereocenters. The first-order valence-corrected chi connectivity index (χ1v) is 16.3. The summed E-state index contributed by atoms with van der Waals surface area (Å²) in [4.78, 5) is 9.36. The van der Waals surface area contributed by atoms with Crippen LogP contribution in [0.1, 0.15) is 5.56 Å². The van der Waals surface area contributed by atoms with Crippen molar-refractivity contribution in [3.63, 3.8) is 0 Å². The van der Waals surface area contributed by atoms with Gasteiger partial charge in [-0.25, -0.2) is 0 Å². The van der Waals surface area contributed by atoms with Gasteiger partial charge < -0.3 is 14.0 Å². The van der Waals surface area contributed by atoms with Crippen molar-refractivity contribution in [3.8, 4) is 50.6 Å². The van der Waals surface area contributed by atoms with Crippen molar-refractivity contribution < 1.29 is 24.5 Å². The molecule has 9 aromatic rings. The average molecular weight is 822 g/mol. The van der Waals surface area contributed by atoms with E-state index in [1.807, 2.05) is 66.7 Å². The van der Waals surface area contributed by atoms with Crippen LogP contribution in [0.5, 0.6) is 0 Å². The minimum atomic E-state index is 0. The van der Waals surface area contributed by atoms with E-state index in [-0.39, 0.29) is 20.1 Å². The Morgan fingerprint density at radius 1 is 0.640 bits per heavy atom. The van der Waals surface area contributed by atoms with Crippen molar-refractivity contribution in [3.05, 3.63) is 188 Å². The van der Waals surface area contributed by atoms with Crippen molar-refractivity contribution in [2.24, 2.45) is 0 Å². The number of nitrogens with zero attached hydrogens (tertiary/aromatic N) is 3. The first-order valence-electron chi connectivity index (χ1n) is 16.3. The number of hydrogen-bond donors (Lipinski definition) is 0. The molecule has 6 aromatic carbocycles. The minimum Gasteiger partial charge on any atom is -0.557 e. The molecule has 0 bridgehead atoms.